The van der Waals surface area contributed by atoms with Crippen molar-refractivity contribution in [3.8, 4) is 0 Å². The first kappa shape index (κ1) is 20.4. The Balaban J connectivity index is 0.00000400. The van der Waals surface area contributed by atoms with Gasteiger partial charge in [-0.2, -0.15) is 11.8 Å². The van der Waals surface area contributed by atoms with Gasteiger partial charge in [0.2, 0.25) is 0 Å². The number of hydrogen-bond donors (Lipinski definition) is 2. The number of hydrogen-bond acceptors (Lipinski definition) is 2. The van der Waals surface area contributed by atoms with Gasteiger partial charge in [0.25, 0.3) is 6.43 Å². The lowest BCUT2D eigenvalue weighted by molar-refractivity contribution is 0.152. The maximum atomic E-state index is 13.2. The largest absolute Gasteiger partial charge is 0.352 e. The molecule has 0 aromatic heterocycles. The molecule has 0 spiro atoms. The van der Waals surface area contributed by atoms with Crippen LogP contribution < -0.4 is 10.6 Å². The second-order valence-electron chi connectivity index (χ2n) is 4.04. The Morgan fingerprint density at radius 2 is 2.00 bits per heavy atom. The molecule has 3 nitrogen and oxygen atoms in total. The highest BCUT2D eigenvalue weighted by Gasteiger charge is 2.07. The highest BCUT2D eigenvalue weighted by molar-refractivity contribution is 14.0. The molecule has 1 rings (SSSR count). The molecule has 0 unspecified atom stereocenters. The lowest BCUT2D eigenvalue weighted by Crippen LogP contribution is -2.39. The van der Waals surface area contributed by atoms with E-state index >= 15 is 0 Å². The van der Waals surface area contributed by atoms with Crippen LogP contribution in [0.3, 0.4) is 0 Å². The van der Waals surface area contributed by atoms with Gasteiger partial charge in [0.05, 0.1) is 6.54 Å². The zero-order chi connectivity index (χ0) is 15.0. The average Bonchev–Trinajstić information content (AvgIpc) is 2.41. The Hall–Kier alpha value is -0.640. The van der Waals surface area contributed by atoms with E-state index in [1.165, 1.54) is 19.2 Å². The van der Waals surface area contributed by atoms with E-state index in [4.69, 9.17) is 0 Å². The molecule has 0 aliphatic carbocycles. The lowest BCUT2D eigenvalue weighted by atomic mass is 10.1. The summed E-state index contributed by atoms with van der Waals surface area (Å²) in [7, 11) is 1.51. The smallest absolute Gasteiger partial charge is 0.255 e. The third-order valence-corrected chi connectivity index (χ3v) is 3.16. The van der Waals surface area contributed by atoms with E-state index in [9.17, 15) is 13.2 Å². The number of halogens is 4. The molecule has 0 aliphatic heterocycles. The van der Waals surface area contributed by atoms with E-state index in [0.717, 1.165) is 11.1 Å². The first-order valence-corrected chi connectivity index (χ1v) is 7.45. The van der Waals surface area contributed by atoms with E-state index in [2.05, 4.69) is 15.6 Å². The van der Waals surface area contributed by atoms with Gasteiger partial charge in [-0.25, -0.2) is 13.2 Å². The highest BCUT2D eigenvalue weighted by atomic mass is 127. The standard InChI is InChI=1S/C13H18F3N3S.HI/c1-17-13(19-7-12(15)16)18-6-9-3-4-11(14)5-10(9)8-20-2;/h3-5,12H,6-8H2,1-2H3,(H2,17,18,19);1H. The zero-order valence-corrected chi connectivity index (χ0v) is 15.0. The third-order valence-electron chi connectivity index (χ3n) is 2.56. The minimum absolute atomic E-state index is 0. The van der Waals surface area contributed by atoms with Crippen molar-refractivity contribution in [3.05, 3.63) is 35.1 Å². The molecule has 0 heterocycles. The summed E-state index contributed by atoms with van der Waals surface area (Å²) in [5, 5.41) is 5.44. The number of thioether (sulfide) groups is 1. The van der Waals surface area contributed by atoms with Gasteiger partial charge in [-0.15, -0.1) is 24.0 Å². The van der Waals surface area contributed by atoms with Crippen molar-refractivity contribution in [3.63, 3.8) is 0 Å². The molecule has 1 aromatic carbocycles. The molecule has 8 heteroatoms. The highest BCUT2D eigenvalue weighted by Crippen LogP contribution is 2.16. The Labute approximate surface area is 144 Å². The number of rotatable bonds is 6. The van der Waals surface area contributed by atoms with Crippen LogP contribution in [-0.4, -0.2) is 32.2 Å². The molecule has 0 bridgehead atoms. The SMILES string of the molecule is CN=C(NCc1ccc(F)cc1CSC)NCC(F)F.I. The summed E-state index contributed by atoms with van der Waals surface area (Å²) < 4.78 is 37.4. The predicted octanol–water partition coefficient (Wildman–Crippen LogP) is 3.24. The molecule has 1 aromatic rings. The molecular weight excluding hydrogens is 414 g/mol. The van der Waals surface area contributed by atoms with Crippen LogP contribution >= 0.6 is 35.7 Å². The van der Waals surface area contributed by atoms with Crippen LogP contribution in [0.2, 0.25) is 0 Å². The second kappa shape index (κ2) is 11.0. The number of nitrogens with zero attached hydrogens (tertiary/aromatic N) is 1. The van der Waals surface area contributed by atoms with E-state index in [-0.39, 0.29) is 29.8 Å². The van der Waals surface area contributed by atoms with Crippen molar-refractivity contribution in [1.82, 2.24) is 10.6 Å². The normalized spacial score (nSPS) is 11.2. The second-order valence-corrected chi connectivity index (χ2v) is 4.91. The van der Waals surface area contributed by atoms with Crippen LogP contribution in [0.4, 0.5) is 13.2 Å². The van der Waals surface area contributed by atoms with Crippen LogP contribution in [0.1, 0.15) is 11.1 Å². The maximum Gasteiger partial charge on any atom is 0.255 e. The number of guanidine groups is 1. The van der Waals surface area contributed by atoms with Crippen molar-refractivity contribution in [1.29, 1.82) is 0 Å². The molecule has 21 heavy (non-hydrogen) atoms. The first-order valence-electron chi connectivity index (χ1n) is 6.05. The Morgan fingerprint density at radius 1 is 1.29 bits per heavy atom. The summed E-state index contributed by atoms with van der Waals surface area (Å²) in [6.07, 6.45) is -0.503. The molecule has 0 saturated carbocycles. The van der Waals surface area contributed by atoms with Crippen molar-refractivity contribution >= 4 is 41.7 Å². The topological polar surface area (TPSA) is 36.4 Å². The van der Waals surface area contributed by atoms with Gasteiger partial charge in [0, 0.05) is 19.3 Å². The number of nitrogens with one attached hydrogen (secondary N) is 2. The van der Waals surface area contributed by atoms with E-state index in [0.29, 0.717) is 18.3 Å². The van der Waals surface area contributed by atoms with Gasteiger partial charge < -0.3 is 10.6 Å². The number of benzene rings is 1. The van der Waals surface area contributed by atoms with E-state index < -0.39 is 13.0 Å². The van der Waals surface area contributed by atoms with Gasteiger partial charge in [0.15, 0.2) is 5.96 Å². The molecule has 2 N–H and O–H groups in total. The van der Waals surface area contributed by atoms with Gasteiger partial charge >= 0.3 is 0 Å². The van der Waals surface area contributed by atoms with Crippen LogP contribution in [0.5, 0.6) is 0 Å². The van der Waals surface area contributed by atoms with Gasteiger partial charge in [-0.1, -0.05) is 6.07 Å². The molecule has 120 valence electrons. The summed E-state index contributed by atoms with van der Waals surface area (Å²) in [6, 6.07) is 4.56. The Kier molecular flexibility index (Phi) is 10.7. The third kappa shape index (κ3) is 7.79. The van der Waals surface area contributed by atoms with Crippen molar-refractivity contribution in [2.45, 2.75) is 18.7 Å². The average molecular weight is 433 g/mol. The molecule has 0 aliphatic rings. The Bertz CT molecular complexity index is 458. The van der Waals surface area contributed by atoms with Crippen LogP contribution in [0, 0.1) is 5.82 Å². The summed E-state index contributed by atoms with van der Waals surface area (Å²) in [5.74, 6) is 0.709. The molecular formula is C13H19F3IN3S. The fourth-order valence-electron chi connectivity index (χ4n) is 1.63. The van der Waals surface area contributed by atoms with Crippen molar-refractivity contribution < 1.29 is 13.2 Å². The lowest BCUT2D eigenvalue weighted by Gasteiger charge is -2.14. The molecule has 0 saturated heterocycles. The van der Waals surface area contributed by atoms with E-state index in [1.807, 2.05) is 6.26 Å². The summed E-state index contributed by atoms with van der Waals surface area (Å²) in [4.78, 5) is 3.85. The first-order chi connectivity index (χ1) is 9.56. The summed E-state index contributed by atoms with van der Waals surface area (Å²) in [5.41, 5.74) is 1.80. The zero-order valence-electron chi connectivity index (χ0n) is 11.8. The summed E-state index contributed by atoms with van der Waals surface area (Å²) >= 11 is 1.59. The maximum absolute atomic E-state index is 13.2. The minimum atomic E-state index is -2.44. The minimum Gasteiger partial charge on any atom is -0.352 e. The fraction of sp³-hybridized carbons (Fsp3) is 0.462. The monoisotopic (exact) mass is 433 g/mol. The predicted molar refractivity (Wildman–Crippen MR) is 93.2 cm³/mol. The van der Waals surface area contributed by atoms with Gasteiger partial charge in [-0.05, 0) is 29.5 Å². The summed E-state index contributed by atoms with van der Waals surface area (Å²) in [6.45, 7) is -0.0557. The van der Waals surface area contributed by atoms with Gasteiger partial charge in [-0.3, -0.25) is 4.99 Å². The van der Waals surface area contributed by atoms with Gasteiger partial charge in [0.1, 0.15) is 5.82 Å². The van der Waals surface area contributed by atoms with Crippen molar-refractivity contribution in [2.24, 2.45) is 4.99 Å². The van der Waals surface area contributed by atoms with Crippen LogP contribution in [0.15, 0.2) is 23.2 Å². The molecule has 0 amide bonds. The molecule has 0 atom stereocenters. The number of alkyl halides is 2. The quantitative estimate of drug-likeness (QED) is 0.411. The van der Waals surface area contributed by atoms with Crippen LogP contribution in [-0.2, 0) is 12.3 Å². The fourth-order valence-corrected chi connectivity index (χ4v) is 2.21. The van der Waals surface area contributed by atoms with Crippen LogP contribution in [0.25, 0.3) is 0 Å². The van der Waals surface area contributed by atoms with Crippen molar-refractivity contribution in [2.75, 3.05) is 19.8 Å². The molecule has 0 fully saturated rings. The van der Waals surface area contributed by atoms with E-state index in [1.54, 1.807) is 17.8 Å². The number of aliphatic imine (C=N–C) groups is 1. The molecule has 0 radical (unpaired) electrons. The Morgan fingerprint density at radius 3 is 2.57 bits per heavy atom.